The minimum Gasteiger partial charge on any atom is -0.486 e. The van der Waals surface area contributed by atoms with Crippen LogP contribution in [0, 0.1) is 0 Å². The summed E-state index contributed by atoms with van der Waals surface area (Å²) >= 11 is 1.29. The predicted octanol–water partition coefficient (Wildman–Crippen LogP) is 2.91. The molecule has 0 amide bonds. The van der Waals surface area contributed by atoms with Crippen molar-refractivity contribution < 1.29 is 9.47 Å². The molecule has 7 heteroatoms. The number of benzene rings is 1. The van der Waals surface area contributed by atoms with Crippen LogP contribution in [0.4, 0.5) is 15.8 Å². The van der Waals surface area contributed by atoms with Crippen LogP contribution >= 0.6 is 11.3 Å². The molecule has 92 valence electrons. The average Bonchev–Trinajstić information content (AvgIpc) is 2.82. The third kappa shape index (κ3) is 2.25. The molecule has 0 atom stereocenters. The predicted molar refractivity (Wildman–Crippen MR) is 68.1 cm³/mol. The van der Waals surface area contributed by atoms with Crippen LogP contribution in [0.2, 0.25) is 0 Å². The Balaban J connectivity index is 1.82. The zero-order valence-electron chi connectivity index (χ0n) is 9.37. The zero-order chi connectivity index (χ0) is 12.4. The van der Waals surface area contributed by atoms with Gasteiger partial charge in [-0.2, -0.15) is 0 Å². The summed E-state index contributed by atoms with van der Waals surface area (Å²) in [5.41, 5.74) is 6.21. The van der Waals surface area contributed by atoms with Gasteiger partial charge in [0.25, 0.3) is 0 Å². The van der Waals surface area contributed by atoms with Crippen LogP contribution in [0.25, 0.3) is 0 Å². The van der Waals surface area contributed by atoms with Crippen molar-refractivity contribution in [2.45, 2.75) is 0 Å². The largest absolute Gasteiger partial charge is 0.486 e. The molecule has 0 spiro atoms. The second-order valence-electron chi connectivity index (χ2n) is 3.56. The van der Waals surface area contributed by atoms with E-state index in [4.69, 9.17) is 15.2 Å². The van der Waals surface area contributed by atoms with E-state index in [0.29, 0.717) is 34.8 Å². The molecule has 1 aliphatic heterocycles. The molecule has 2 N–H and O–H groups in total. The van der Waals surface area contributed by atoms with Crippen LogP contribution in [0.15, 0.2) is 34.6 Å². The number of nitrogen functional groups attached to an aromatic ring is 1. The third-order valence-corrected chi connectivity index (χ3v) is 3.01. The number of azo groups is 1. The molecule has 0 unspecified atom stereocenters. The lowest BCUT2D eigenvalue weighted by Crippen LogP contribution is -2.14. The van der Waals surface area contributed by atoms with E-state index in [-0.39, 0.29) is 0 Å². The van der Waals surface area contributed by atoms with Crippen LogP contribution in [0.5, 0.6) is 11.5 Å². The maximum atomic E-state index is 5.51. The van der Waals surface area contributed by atoms with Gasteiger partial charge in [0.1, 0.15) is 13.2 Å². The monoisotopic (exact) mass is 262 g/mol. The molecule has 1 aromatic carbocycles. The Labute approximate surface area is 107 Å². The van der Waals surface area contributed by atoms with Gasteiger partial charge in [0.05, 0.1) is 11.9 Å². The van der Waals surface area contributed by atoms with Crippen LogP contribution in [-0.2, 0) is 0 Å². The van der Waals surface area contributed by atoms with Crippen molar-refractivity contribution in [3.8, 4) is 11.5 Å². The van der Waals surface area contributed by atoms with Gasteiger partial charge in [0.15, 0.2) is 21.6 Å². The molecule has 0 radical (unpaired) electrons. The van der Waals surface area contributed by atoms with Crippen molar-refractivity contribution in [3.05, 3.63) is 24.4 Å². The maximum absolute atomic E-state index is 5.51. The van der Waals surface area contributed by atoms with Crippen LogP contribution < -0.4 is 15.2 Å². The van der Waals surface area contributed by atoms with Gasteiger partial charge in [-0.25, -0.2) is 4.98 Å². The molecule has 3 rings (SSSR count). The zero-order valence-corrected chi connectivity index (χ0v) is 10.2. The number of hydrogen-bond donors (Lipinski definition) is 1. The number of thiazole rings is 1. The third-order valence-electron chi connectivity index (χ3n) is 2.30. The molecular formula is C11H10N4O2S. The summed E-state index contributed by atoms with van der Waals surface area (Å²) in [4.78, 5) is 3.90. The maximum Gasteiger partial charge on any atom is 0.182 e. The van der Waals surface area contributed by atoms with E-state index in [2.05, 4.69) is 15.2 Å². The number of aromatic nitrogens is 1. The summed E-state index contributed by atoms with van der Waals surface area (Å²) in [6.45, 7) is 1.13. The molecule has 0 saturated heterocycles. The molecule has 1 aromatic heterocycles. The fourth-order valence-electron chi connectivity index (χ4n) is 1.53. The molecule has 0 aliphatic carbocycles. The number of nitrogens with zero attached hydrogens (tertiary/aromatic N) is 3. The van der Waals surface area contributed by atoms with Gasteiger partial charge in [-0.1, -0.05) is 11.3 Å². The molecule has 1 aliphatic rings. The van der Waals surface area contributed by atoms with Crippen LogP contribution in [0.3, 0.4) is 0 Å². The Morgan fingerprint density at radius 3 is 2.78 bits per heavy atom. The lowest BCUT2D eigenvalue weighted by atomic mass is 10.3. The Morgan fingerprint density at radius 1 is 1.17 bits per heavy atom. The Kier molecular flexibility index (Phi) is 2.81. The molecule has 18 heavy (non-hydrogen) atoms. The second kappa shape index (κ2) is 4.61. The van der Waals surface area contributed by atoms with E-state index in [9.17, 15) is 0 Å². The number of hydrogen-bond acceptors (Lipinski definition) is 7. The van der Waals surface area contributed by atoms with Gasteiger partial charge < -0.3 is 15.2 Å². The van der Waals surface area contributed by atoms with E-state index < -0.39 is 0 Å². The van der Waals surface area contributed by atoms with Crippen molar-refractivity contribution in [1.82, 2.24) is 4.98 Å². The fourth-order valence-corrected chi connectivity index (χ4v) is 2.03. The smallest absolute Gasteiger partial charge is 0.182 e. The first-order valence-electron chi connectivity index (χ1n) is 5.34. The average molecular weight is 262 g/mol. The number of anilines is 1. The first kappa shape index (κ1) is 11.0. The lowest BCUT2D eigenvalue weighted by Gasteiger charge is -2.17. The highest BCUT2D eigenvalue weighted by atomic mass is 32.1. The molecule has 0 fully saturated rings. The summed E-state index contributed by atoms with van der Waals surface area (Å²) in [6, 6.07) is 5.44. The van der Waals surface area contributed by atoms with Gasteiger partial charge in [-0.15, -0.1) is 10.2 Å². The molecule has 0 bridgehead atoms. The molecule has 2 heterocycles. The summed E-state index contributed by atoms with van der Waals surface area (Å²) in [6.07, 6.45) is 1.58. The van der Waals surface area contributed by atoms with Crippen LogP contribution in [-0.4, -0.2) is 18.2 Å². The summed E-state index contributed by atoms with van der Waals surface area (Å²) < 4.78 is 10.9. The highest BCUT2D eigenvalue weighted by Gasteiger charge is 2.11. The Bertz CT molecular complexity index is 596. The molecular weight excluding hydrogens is 252 g/mol. The number of fused-ring (bicyclic) bond motifs is 1. The highest BCUT2D eigenvalue weighted by molar-refractivity contribution is 7.18. The number of ether oxygens (including phenoxy) is 2. The van der Waals surface area contributed by atoms with Crippen LogP contribution in [0.1, 0.15) is 0 Å². The van der Waals surface area contributed by atoms with Gasteiger partial charge in [0.2, 0.25) is 0 Å². The standard InChI is InChI=1S/C11H10N4O2S/c12-11-13-6-10(18-11)15-14-7-1-2-8-9(5-7)17-4-3-16-8/h1-2,5-6H,3-4H2,(H2,12,13). The van der Waals surface area contributed by atoms with Gasteiger partial charge in [-0.3, -0.25) is 0 Å². The minimum atomic E-state index is 0.478. The molecule has 0 saturated carbocycles. The van der Waals surface area contributed by atoms with E-state index in [0.717, 1.165) is 5.75 Å². The number of rotatable bonds is 2. The molecule has 2 aromatic rings. The second-order valence-corrected chi connectivity index (χ2v) is 4.61. The van der Waals surface area contributed by atoms with Gasteiger partial charge in [0, 0.05) is 6.07 Å². The number of nitrogens with two attached hydrogens (primary N) is 1. The van der Waals surface area contributed by atoms with Crippen molar-refractivity contribution >= 4 is 27.2 Å². The Morgan fingerprint density at radius 2 is 2.00 bits per heavy atom. The normalized spacial score (nSPS) is 14.0. The van der Waals surface area contributed by atoms with Crippen molar-refractivity contribution in [2.24, 2.45) is 10.2 Å². The SMILES string of the molecule is Nc1ncc(N=Nc2ccc3c(c2)OCCO3)s1. The summed E-state index contributed by atoms with van der Waals surface area (Å²) in [7, 11) is 0. The van der Waals surface area contributed by atoms with E-state index in [1.807, 2.05) is 12.1 Å². The minimum absolute atomic E-state index is 0.478. The van der Waals surface area contributed by atoms with E-state index in [1.54, 1.807) is 12.3 Å². The van der Waals surface area contributed by atoms with Crippen molar-refractivity contribution in [3.63, 3.8) is 0 Å². The van der Waals surface area contributed by atoms with E-state index >= 15 is 0 Å². The lowest BCUT2D eigenvalue weighted by molar-refractivity contribution is 0.171. The first-order valence-corrected chi connectivity index (χ1v) is 6.15. The highest BCUT2D eigenvalue weighted by Crippen LogP contribution is 2.34. The Hall–Kier alpha value is -2.15. The molecule has 6 nitrogen and oxygen atoms in total. The van der Waals surface area contributed by atoms with E-state index in [1.165, 1.54) is 11.3 Å². The van der Waals surface area contributed by atoms with Gasteiger partial charge in [-0.05, 0) is 12.1 Å². The van der Waals surface area contributed by atoms with Crippen molar-refractivity contribution in [1.29, 1.82) is 0 Å². The van der Waals surface area contributed by atoms with Crippen molar-refractivity contribution in [2.75, 3.05) is 18.9 Å². The fraction of sp³-hybridized carbons (Fsp3) is 0.182. The topological polar surface area (TPSA) is 82.1 Å². The summed E-state index contributed by atoms with van der Waals surface area (Å²) in [5.74, 6) is 1.43. The first-order chi connectivity index (χ1) is 8.81. The van der Waals surface area contributed by atoms with Gasteiger partial charge >= 0.3 is 0 Å². The quantitative estimate of drug-likeness (QED) is 0.843. The summed E-state index contributed by atoms with van der Waals surface area (Å²) in [5, 5.41) is 9.30.